The van der Waals surface area contributed by atoms with Gasteiger partial charge in [-0.05, 0) is 25.6 Å². The molecule has 6 heteroatoms. The first-order chi connectivity index (χ1) is 8.78. The summed E-state index contributed by atoms with van der Waals surface area (Å²) in [5.41, 5.74) is 1.30. The zero-order chi connectivity index (χ0) is 13.0. The average molecular weight is 259 g/mol. The molecule has 0 fully saturated rings. The summed E-state index contributed by atoms with van der Waals surface area (Å²) in [5, 5.41) is 22.0. The molecular weight excluding hydrogens is 246 g/mol. The second-order valence-electron chi connectivity index (χ2n) is 3.74. The van der Waals surface area contributed by atoms with E-state index in [4.69, 9.17) is 5.26 Å². The van der Waals surface area contributed by atoms with Crippen LogP contribution in [0.4, 0.5) is 0 Å². The lowest BCUT2D eigenvalue weighted by molar-refractivity contribution is 0.568. The molecule has 0 aliphatic carbocycles. The SMILES string of the molecule is CCC(NC)c1nnc(-c2ccc(C#N)cn2)s1. The summed E-state index contributed by atoms with van der Waals surface area (Å²) in [4.78, 5) is 4.21. The maximum atomic E-state index is 8.72. The molecule has 0 aliphatic rings. The maximum Gasteiger partial charge on any atom is 0.166 e. The number of nitrogens with zero attached hydrogens (tertiary/aromatic N) is 4. The molecule has 0 saturated heterocycles. The molecular formula is C12H13N5S. The van der Waals surface area contributed by atoms with Crippen molar-refractivity contribution in [2.45, 2.75) is 19.4 Å². The Morgan fingerprint density at radius 2 is 2.28 bits per heavy atom. The highest BCUT2D eigenvalue weighted by molar-refractivity contribution is 7.14. The molecule has 2 aromatic heterocycles. The van der Waals surface area contributed by atoms with Gasteiger partial charge in [-0.15, -0.1) is 10.2 Å². The summed E-state index contributed by atoms with van der Waals surface area (Å²) in [6.07, 6.45) is 2.51. The van der Waals surface area contributed by atoms with Crippen molar-refractivity contribution in [3.8, 4) is 16.8 Å². The van der Waals surface area contributed by atoms with Crippen LogP contribution in [0, 0.1) is 11.3 Å². The van der Waals surface area contributed by atoms with E-state index in [-0.39, 0.29) is 6.04 Å². The first-order valence-electron chi connectivity index (χ1n) is 5.65. The van der Waals surface area contributed by atoms with Gasteiger partial charge in [0.05, 0.1) is 11.6 Å². The highest BCUT2D eigenvalue weighted by atomic mass is 32.1. The first kappa shape index (κ1) is 12.6. The number of hydrogen-bond donors (Lipinski definition) is 1. The molecule has 0 saturated carbocycles. The van der Waals surface area contributed by atoms with Crippen molar-refractivity contribution in [2.24, 2.45) is 0 Å². The summed E-state index contributed by atoms with van der Waals surface area (Å²) >= 11 is 1.53. The third-order valence-electron chi connectivity index (χ3n) is 2.61. The fraction of sp³-hybridized carbons (Fsp3) is 0.333. The molecule has 0 bridgehead atoms. The monoisotopic (exact) mass is 259 g/mol. The number of pyridine rings is 1. The molecule has 1 unspecified atom stereocenters. The number of rotatable bonds is 4. The van der Waals surface area contributed by atoms with E-state index in [2.05, 4.69) is 27.4 Å². The van der Waals surface area contributed by atoms with Gasteiger partial charge in [0.25, 0.3) is 0 Å². The number of nitrogens with one attached hydrogen (secondary N) is 1. The predicted molar refractivity (Wildman–Crippen MR) is 69.9 cm³/mol. The van der Waals surface area contributed by atoms with E-state index in [1.807, 2.05) is 13.1 Å². The fourth-order valence-corrected chi connectivity index (χ4v) is 2.58. The van der Waals surface area contributed by atoms with E-state index < -0.39 is 0 Å². The van der Waals surface area contributed by atoms with Gasteiger partial charge < -0.3 is 5.32 Å². The topological polar surface area (TPSA) is 74.5 Å². The summed E-state index contributed by atoms with van der Waals surface area (Å²) in [6, 6.07) is 5.80. The van der Waals surface area contributed by atoms with E-state index in [0.29, 0.717) is 5.56 Å². The molecule has 2 rings (SSSR count). The molecule has 18 heavy (non-hydrogen) atoms. The first-order valence-corrected chi connectivity index (χ1v) is 6.47. The molecule has 0 aliphatic heterocycles. The van der Waals surface area contributed by atoms with E-state index in [0.717, 1.165) is 22.1 Å². The maximum absolute atomic E-state index is 8.72. The van der Waals surface area contributed by atoms with Crippen LogP contribution in [0.2, 0.25) is 0 Å². The molecule has 1 atom stereocenters. The summed E-state index contributed by atoms with van der Waals surface area (Å²) in [6.45, 7) is 2.10. The van der Waals surface area contributed by atoms with Crippen LogP contribution in [0.1, 0.15) is 30.0 Å². The van der Waals surface area contributed by atoms with Crippen LogP contribution in [-0.4, -0.2) is 22.2 Å². The quantitative estimate of drug-likeness (QED) is 0.910. The van der Waals surface area contributed by atoms with Crippen molar-refractivity contribution < 1.29 is 0 Å². The minimum absolute atomic E-state index is 0.231. The zero-order valence-electron chi connectivity index (χ0n) is 10.2. The van der Waals surface area contributed by atoms with Crippen LogP contribution in [0.3, 0.4) is 0 Å². The summed E-state index contributed by atoms with van der Waals surface area (Å²) < 4.78 is 0. The lowest BCUT2D eigenvalue weighted by atomic mass is 10.2. The average Bonchev–Trinajstić information content (AvgIpc) is 2.90. The largest absolute Gasteiger partial charge is 0.311 e. The molecule has 5 nitrogen and oxygen atoms in total. The predicted octanol–water partition coefficient (Wildman–Crippen LogP) is 2.14. The van der Waals surface area contributed by atoms with Crippen LogP contribution in [0.25, 0.3) is 10.7 Å². The van der Waals surface area contributed by atoms with Crippen molar-refractivity contribution in [3.63, 3.8) is 0 Å². The van der Waals surface area contributed by atoms with Crippen molar-refractivity contribution >= 4 is 11.3 Å². The van der Waals surface area contributed by atoms with Crippen LogP contribution in [0.5, 0.6) is 0 Å². The van der Waals surface area contributed by atoms with Crippen LogP contribution in [0.15, 0.2) is 18.3 Å². The van der Waals surface area contributed by atoms with Gasteiger partial charge in [0.1, 0.15) is 16.8 Å². The second-order valence-corrected chi connectivity index (χ2v) is 4.75. The third kappa shape index (κ3) is 2.53. The molecule has 0 spiro atoms. The Bertz CT molecular complexity index is 551. The Labute approximate surface area is 110 Å². The van der Waals surface area contributed by atoms with Gasteiger partial charge in [0.15, 0.2) is 5.01 Å². The lowest BCUT2D eigenvalue weighted by Gasteiger charge is -2.07. The van der Waals surface area contributed by atoms with Crippen molar-refractivity contribution in [3.05, 3.63) is 28.9 Å². The van der Waals surface area contributed by atoms with Crippen molar-refractivity contribution in [1.82, 2.24) is 20.5 Å². The van der Waals surface area contributed by atoms with E-state index in [1.165, 1.54) is 11.3 Å². The molecule has 0 aromatic carbocycles. The Morgan fingerprint density at radius 3 is 2.83 bits per heavy atom. The highest BCUT2D eigenvalue weighted by Gasteiger charge is 2.14. The Hall–Kier alpha value is -1.84. The lowest BCUT2D eigenvalue weighted by Crippen LogP contribution is -2.14. The Balaban J connectivity index is 2.26. The Morgan fingerprint density at radius 1 is 1.44 bits per heavy atom. The molecule has 2 aromatic rings. The molecule has 2 heterocycles. The highest BCUT2D eigenvalue weighted by Crippen LogP contribution is 2.26. The molecule has 0 radical (unpaired) electrons. The van der Waals surface area contributed by atoms with Gasteiger partial charge >= 0.3 is 0 Å². The van der Waals surface area contributed by atoms with Gasteiger partial charge in [-0.1, -0.05) is 18.3 Å². The van der Waals surface area contributed by atoms with Gasteiger partial charge in [0, 0.05) is 6.20 Å². The van der Waals surface area contributed by atoms with Crippen LogP contribution >= 0.6 is 11.3 Å². The minimum Gasteiger partial charge on any atom is -0.311 e. The van der Waals surface area contributed by atoms with Gasteiger partial charge in [-0.2, -0.15) is 5.26 Å². The molecule has 0 amide bonds. The normalized spacial score (nSPS) is 12.1. The van der Waals surface area contributed by atoms with Gasteiger partial charge in [-0.3, -0.25) is 4.98 Å². The van der Waals surface area contributed by atoms with Gasteiger partial charge in [-0.25, -0.2) is 0 Å². The minimum atomic E-state index is 0.231. The zero-order valence-corrected chi connectivity index (χ0v) is 11.0. The van der Waals surface area contributed by atoms with E-state index in [9.17, 15) is 0 Å². The number of aromatic nitrogens is 3. The van der Waals surface area contributed by atoms with Crippen molar-refractivity contribution in [1.29, 1.82) is 5.26 Å². The standard InChI is InChI=1S/C12H13N5S/c1-3-9(14-2)11-16-17-12(18-11)10-5-4-8(6-13)7-15-10/h4-5,7,9,14H,3H2,1-2H3. The number of hydrogen-bond acceptors (Lipinski definition) is 6. The molecule has 1 N–H and O–H groups in total. The summed E-state index contributed by atoms with van der Waals surface area (Å²) in [5.74, 6) is 0. The number of nitriles is 1. The Kier molecular flexibility index (Phi) is 3.97. The molecule has 92 valence electrons. The summed E-state index contributed by atoms with van der Waals surface area (Å²) in [7, 11) is 1.91. The van der Waals surface area contributed by atoms with Crippen LogP contribution in [-0.2, 0) is 0 Å². The van der Waals surface area contributed by atoms with Crippen LogP contribution < -0.4 is 5.32 Å². The van der Waals surface area contributed by atoms with E-state index in [1.54, 1.807) is 18.3 Å². The fourth-order valence-electron chi connectivity index (χ4n) is 1.57. The second kappa shape index (κ2) is 5.67. The van der Waals surface area contributed by atoms with Gasteiger partial charge in [0.2, 0.25) is 0 Å². The van der Waals surface area contributed by atoms with Crippen molar-refractivity contribution in [2.75, 3.05) is 7.05 Å². The van der Waals surface area contributed by atoms with E-state index >= 15 is 0 Å². The smallest absolute Gasteiger partial charge is 0.166 e. The third-order valence-corrected chi connectivity index (χ3v) is 3.67.